The zero-order valence-corrected chi connectivity index (χ0v) is 8.94. The minimum absolute atomic E-state index is 0.0694. The van der Waals surface area contributed by atoms with E-state index in [9.17, 15) is 4.79 Å². The first kappa shape index (κ1) is 10.5. The van der Waals surface area contributed by atoms with E-state index in [0.717, 1.165) is 0 Å². The van der Waals surface area contributed by atoms with E-state index in [-0.39, 0.29) is 16.9 Å². The molecule has 3 nitrogen and oxygen atoms in total. The monoisotopic (exact) mass is 185 g/mol. The molecular weight excluding hydrogens is 166 g/mol. The molecule has 0 aromatic heterocycles. The SMILES string of the molecule is CCOCC1(C)CC(=O)NC1(C)C. The van der Waals surface area contributed by atoms with Gasteiger partial charge in [-0.3, -0.25) is 4.79 Å². The van der Waals surface area contributed by atoms with Crippen molar-refractivity contribution in [2.24, 2.45) is 5.41 Å². The van der Waals surface area contributed by atoms with Gasteiger partial charge in [0.1, 0.15) is 0 Å². The zero-order chi connectivity index (χ0) is 10.1. The van der Waals surface area contributed by atoms with Gasteiger partial charge in [0.15, 0.2) is 0 Å². The smallest absolute Gasteiger partial charge is 0.221 e. The molecule has 1 rings (SSSR count). The lowest BCUT2D eigenvalue weighted by atomic mass is 9.74. The third kappa shape index (κ3) is 1.85. The first-order valence-corrected chi connectivity index (χ1v) is 4.80. The van der Waals surface area contributed by atoms with Gasteiger partial charge in [0, 0.05) is 24.0 Å². The van der Waals surface area contributed by atoms with E-state index < -0.39 is 0 Å². The van der Waals surface area contributed by atoms with E-state index in [0.29, 0.717) is 19.6 Å². The Labute approximate surface area is 79.8 Å². The first-order valence-electron chi connectivity index (χ1n) is 4.80. The standard InChI is InChI=1S/C10H19NO2/c1-5-13-7-10(4)6-8(12)11-9(10,2)3/h5-7H2,1-4H3,(H,11,12). The molecule has 0 aromatic carbocycles. The van der Waals surface area contributed by atoms with Crippen molar-refractivity contribution in [1.29, 1.82) is 0 Å². The number of hydrogen-bond acceptors (Lipinski definition) is 2. The van der Waals surface area contributed by atoms with Gasteiger partial charge < -0.3 is 10.1 Å². The van der Waals surface area contributed by atoms with E-state index in [1.807, 2.05) is 6.92 Å². The van der Waals surface area contributed by atoms with Crippen LogP contribution in [-0.4, -0.2) is 24.7 Å². The minimum atomic E-state index is -0.154. The Hall–Kier alpha value is -0.570. The van der Waals surface area contributed by atoms with Crippen LogP contribution in [0, 0.1) is 5.41 Å². The third-order valence-electron chi connectivity index (χ3n) is 3.14. The van der Waals surface area contributed by atoms with Gasteiger partial charge in [0.25, 0.3) is 0 Å². The van der Waals surface area contributed by atoms with Crippen molar-refractivity contribution in [1.82, 2.24) is 5.32 Å². The van der Waals surface area contributed by atoms with Crippen molar-refractivity contribution < 1.29 is 9.53 Å². The third-order valence-corrected chi connectivity index (χ3v) is 3.14. The van der Waals surface area contributed by atoms with Gasteiger partial charge in [-0.25, -0.2) is 0 Å². The number of hydrogen-bond donors (Lipinski definition) is 1. The second-order valence-corrected chi connectivity index (χ2v) is 4.55. The quantitative estimate of drug-likeness (QED) is 0.720. The van der Waals surface area contributed by atoms with E-state index in [4.69, 9.17) is 4.74 Å². The Kier molecular flexibility index (Phi) is 2.66. The fourth-order valence-corrected chi connectivity index (χ4v) is 1.68. The number of amides is 1. The van der Waals surface area contributed by atoms with Crippen LogP contribution < -0.4 is 5.32 Å². The lowest BCUT2D eigenvalue weighted by molar-refractivity contribution is -0.120. The number of carbonyl (C=O) groups excluding carboxylic acids is 1. The number of carbonyl (C=O) groups is 1. The van der Waals surface area contributed by atoms with Gasteiger partial charge >= 0.3 is 0 Å². The molecule has 1 N–H and O–H groups in total. The molecule has 13 heavy (non-hydrogen) atoms. The normalized spacial score (nSPS) is 31.8. The van der Waals surface area contributed by atoms with Gasteiger partial charge in [-0.05, 0) is 20.8 Å². The largest absolute Gasteiger partial charge is 0.381 e. The van der Waals surface area contributed by atoms with Crippen LogP contribution in [0.1, 0.15) is 34.1 Å². The predicted octanol–water partition coefficient (Wildman–Crippen LogP) is 1.33. The predicted molar refractivity (Wildman–Crippen MR) is 51.4 cm³/mol. The van der Waals surface area contributed by atoms with Gasteiger partial charge in [0.05, 0.1) is 6.61 Å². The average molecular weight is 185 g/mol. The fourth-order valence-electron chi connectivity index (χ4n) is 1.68. The Balaban J connectivity index is 2.70. The van der Waals surface area contributed by atoms with Crippen LogP contribution in [0.15, 0.2) is 0 Å². The molecule has 1 amide bonds. The molecule has 1 unspecified atom stereocenters. The molecule has 0 radical (unpaired) electrons. The summed E-state index contributed by atoms with van der Waals surface area (Å²) < 4.78 is 5.41. The molecule has 76 valence electrons. The fraction of sp³-hybridized carbons (Fsp3) is 0.900. The van der Waals surface area contributed by atoms with Crippen LogP contribution in [0.5, 0.6) is 0 Å². The summed E-state index contributed by atoms with van der Waals surface area (Å²) in [7, 11) is 0. The molecule has 0 aliphatic carbocycles. The van der Waals surface area contributed by atoms with Crippen LogP contribution in [0.25, 0.3) is 0 Å². The molecule has 1 aliphatic rings. The van der Waals surface area contributed by atoms with Crippen molar-refractivity contribution in [3.05, 3.63) is 0 Å². The molecule has 0 aromatic rings. The summed E-state index contributed by atoms with van der Waals surface area (Å²) in [5.41, 5.74) is -0.223. The van der Waals surface area contributed by atoms with Gasteiger partial charge in [-0.2, -0.15) is 0 Å². The zero-order valence-electron chi connectivity index (χ0n) is 8.94. The lowest BCUT2D eigenvalue weighted by Gasteiger charge is -2.36. The first-order chi connectivity index (χ1) is 5.91. The van der Waals surface area contributed by atoms with E-state index in [1.165, 1.54) is 0 Å². The van der Waals surface area contributed by atoms with Crippen LogP contribution in [0.3, 0.4) is 0 Å². The van der Waals surface area contributed by atoms with Crippen molar-refractivity contribution in [3.8, 4) is 0 Å². The van der Waals surface area contributed by atoms with Crippen molar-refractivity contribution >= 4 is 5.91 Å². The molecule has 1 fully saturated rings. The maximum Gasteiger partial charge on any atom is 0.221 e. The highest BCUT2D eigenvalue weighted by Crippen LogP contribution is 2.39. The summed E-state index contributed by atoms with van der Waals surface area (Å²) in [4.78, 5) is 11.3. The Morgan fingerprint density at radius 3 is 2.46 bits per heavy atom. The highest BCUT2D eigenvalue weighted by atomic mass is 16.5. The molecule has 3 heteroatoms. The summed E-state index contributed by atoms with van der Waals surface area (Å²) in [6.45, 7) is 9.53. The highest BCUT2D eigenvalue weighted by Gasteiger charge is 2.49. The topological polar surface area (TPSA) is 38.3 Å². The van der Waals surface area contributed by atoms with E-state index in [1.54, 1.807) is 0 Å². The van der Waals surface area contributed by atoms with E-state index >= 15 is 0 Å². The van der Waals surface area contributed by atoms with Gasteiger partial charge in [-0.15, -0.1) is 0 Å². The van der Waals surface area contributed by atoms with Crippen molar-refractivity contribution in [2.75, 3.05) is 13.2 Å². The van der Waals surface area contributed by atoms with E-state index in [2.05, 4.69) is 26.1 Å². The summed E-state index contributed by atoms with van der Waals surface area (Å²) >= 11 is 0. The number of rotatable bonds is 3. The summed E-state index contributed by atoms with van der Waals surface area (Å²) in [6, 6.07) is 0. The molecule has 1 heterocycles. The average Bonchev–Trinajstić information content (AvgIpc) is 2.17. The van der Waals surface area contributed by atoms with Crippen LogP contribution >= 0.6 is 0 Å². The number of nitrogens with one attached hydrogen (secondary N) is 1. The van der Waals surface area contributed by atoms with Crippen molar-refractivity contribution in [3.63, 3.8) is 0 Å². The Morgan fingerprint density at radius 1 is 1.46 bits per heavy atom. The highest BCUT2D eigenvalue weighted by molar-refractivity contribution is 5.80. The van der Waals surface area contributed by atoms with Crippen LogP contribution in [0.4, 0.5) is 0 Å². The molecule has 0 bridgehead atoms. The molecule has 1 saturated heterocycles. The summed E-state index contributed by atoms with van der Waals surface area (Å²) in [5.74, 6) is 0.132. The minimum Gasteiger partial charge on any atom is -0.381 e. The summed E-state index contributed by atoms with van der Waals surface area (Å²) in [5, 5.41) is 2.97. The van der Waals surface area contributed by atoms with Gasteiger partial charge in [-0.1, -0.05) is 6.92 Å². The lowest BCUT2D eigenvalue weighted by Crippen LogP contribution is -2.47. The molecule has 0 saturated carbocycles. The number of ether oxygens (including phenoxy) is 1. The Bertz CT molecular complexity index is 213. The van der Waals surface area contributed by atoms with Gasteiger partial charge in [0.2, 0.25) is 5.91 Å². The van der Waals surface area contributed by atoms with Crippen LogP contribution in [0.2, 0.25) is 0 Å². The molecule has 0 spiro atoms. The molecular formula is C10H19NO2. The maximum absolute atomic E-state index is 11.3. The Morgan fingerprint density at radius 2 is 2.08 bits per heavy atom. The molecule has 1 aliphatic heterocycles. The maximum atomic E-state index is 11.3. The molecule has 1 atom stereocenters. The van der Waals surface area contributed by atoms with Crippen LogP contribution in [-0.2, 0) is 9.53 Å². The van der Waals surface area contributed by atoms with Crippen molar-refractivity contribution in [2.45, 2.75) is 39.7 Å². The second kappa shape index (κ2) is 3.29. The summed E-state index contributed by atoms with van der Waals surface area (Å²) in [6.07, 6.45) is 0.569. The second-order valence-electron chi connectivity index (χ2n) is 4.55.